The lowest BCUT2D eigenvalue weighted by molar-refractivity contribution is -0.143. The maximum atomic E-state index is 15.4. The summed E-state index contributed by atoms with van der Waals surface area (Å²) in [6, 6.07) is 0.407. The van der Waals surface area contributed by atoms with Crippen LogP contribution >= 0.6 is 0 Å². The molecule has 1 fully saturated rings. The number of carbonyl (C=O) groups is 2. The topological polar surface area (TPSA) is 117 Å². The minimum Gasteiger partial charge on any atom is -0.493 e. The first kappa shape index (κ1) is 25.4. The molecule has 2 N–H and O–H groups in total. The van der Waals surface area contributed by atoms with Crippen LogP contribution in [0.4, 0.5) is 31.0 Å². The number of aliphatic carboxylic acids is 1. The van der Waals surface area contributed by atoms with Crippen LogP contribution in [0.1, 0.15) is 44.6 Å². The molecular weight excluding hydrogens is 476 g/mol. The summed E-state index contributed by atoms with van der Waals surface area (Å²) in [6.07, 6.45) is 3.52. The minimum absolute atomic E-state index is 0.184. The Morgan fingerprint density at radius 3 is 2.33 bits per heavy atom. The maximum absolute atomic E-state index is 15.4. The van der Waals surface area contributed by atoms with E-state index >= 15 is 8.78 Å². The van der Waals surface area contributed by atoms with Crippen LogP contribution in [-0.4, -0.2) is 53.9 Å². The number of anilines is 3. The van der Waals surface area contributed by atoms with E-state index in [2.05, 4.69) is 15.3 Å². The molecule has 36 heavy (non-hydrogen) atoms. The summed E-state index contributed by atoms with van der Waals surface area (Å²) in [6.45, 7) is 1.72. The lowest BCUT2D eigenvalue weighted by Crippen LogP contribution is -2.61. The second-order valence-corrected chi connectivity index (χ2v) is 8.94. The number of nitrogens with zero attached hydrogens (tertiary/aromatic N) is 4. The van der Waals surface area contributed by atoms with Gasteiger partial charge in [0, 0.05) is 24.9 Å². The van der Waals surface area contributed by atoms with Gasteiger partial charge in [-0.05, 0) is 32.1 Å². The van der Waals surface area contributed by atoms with Crippen molar-refractivity contribution in [2.24, 2.45) is 5.92 Å². The number of fused-ring (bicyclic) bond motifs is 1. The van der Waals surface area contributed by atoms with E-state index in [0.717, 1.165) is 11.0 Å². The first-order valence-electron chi connectivity index (χ1n) is 11.7. The Bertz CT molecular complexity index is 1160. The van der Waals surface area contributed by atoms with Crippen molar-refractivity contribution in [2.45, 2.75) is 51.1 Å². The lowest BCUT2D eigenvalue weighted by Gasteiger charge is -2.50. The zero-order chi connectivity index (χ0) is 26.2. The molecule has 0 bridgehead atoms. The highest BCUT2D eigenvalue weighted by Crippen LogP contribution is 2.46. The molecule has 1 aliphatic carbocycles. The van der Waals surface area contributed by atoms with Gasteiger partial charge < -0.3 is 19.9 Å². The molecule has 0 atom stereocenters. The van der Waals surface area contributed by atoms with Crippen LogP contribution in [0.25, 0.3) is 0 Å². The molecule has 0 unspecified atom stereocenters. The van der Waals surface area contributed by atoms with Crippen LogP contribution in [0.15, 0.2) is 12.3 Å². The number of carbonyl (C=O) groups excluding carboxylic acids is 1. The van der Waals surface area contributed by atoms with Crippen molar-refractivity contribution in [3.05, 3.63) is 29.5 Å². The lowest BCUT2D eigenvalue weighted by atomic mass is 9.73. The first-order valence-corrected chi connectivity index (χ1v) is 11.7. The Hall–Kier alpha value is -3.70. The van der Waals surface area contributed by atoms with Gasteiger partial charge in [-0.1, -0.05) is 6.92 Å². The Morgan fingerprint density at radius 2 is 1.83 bits per heavy atom. The summed E-state index contributed by atoms with van der Waals surface area (Å²) < 4.78 is 41.0. The summed E-state index contributed by atoms with van der Waals surface area (Å²) in [5.74, 6) is -3.41. The van der Waals surface area contributed by atoms with Crippen LogP contribution in [0, 0.1) is 17.6 Å². The number of ether oxygens (including phenoxy) is 2. The molecule has 4 rings (SSSR count). The number of hydrogen-bond donors (Lipinski definition) is 2. The Balaban J connectivity index is 1.89. The largest absolute Gasteiger partial charge is 0.493 e. The smallest absolute Gasteiger partial charge is 0.331 e. The van der Waals surface area contributed by atoms with Gasteiger partial charge in [0.2, 0.25) is 5.95 Å². The third-order valence-electron chi connectivity index (χ3n) is 7.25. The summed E-state index contributed by atoms with van der Waals surface area (Å²) >= 11 is 0. The highest BCUT2D eigenvalue weighted by atomic mass is 19.1. The van der Waals surface area contributed by atoms with Crippen molar-refractivity contribution >= 4 is 29.5 Å². The molecule has 1 aliphatic heterocycles. The minimum atomic E-state index is -1.04. The van der Waals surface area contributed by atoms with Crippen LogP contribution < -0.4 is 24.6 Å². The van der Waals surface area contributed by atoms with Gasteiger partial charge in [0.15, 0.2) is 23.1 Å². The van der Waals surface area contributed by atoms with E-state index in [1.807, 2.05) is 6.92 Å². The van der Waals surface area contributed by atoms with Crippen LogP contribution in [0.3, 0.4) is 0 Å². The van der Waals surface area contributed by atoms with Crippen LogP contribution in [-0.2, 0) is 11.3 Å². The van der Waals surface area contributed by atoms with Crippen LogP contribution in [0.5, 0.6) is 11.5 Å². The summed E-state index contributed by atoms with van der Waals surface area (Å²) in [5, 5.41) is 12.4. The third-order valence-corrected chi connectivity index (χ3v) is 7.25. The molecule has 0 spiro atoms. The standard InChI is InChI=1S/C24H29F2N5O5/c1-5-24(8-6-13(7-9-24)21(32)33)31-20-14(11-28-22(27-2)29-20)12-30(23(31)34)19-17(25)15(35-3)10-16(36-4)18(19)26/h10-11,13H,5-9,12H2,1-4H3,(H,32,33)(H,27,28,29). The van der Waals surface area contributed by atoms with Gasteiger partial charge in [-0.25, -0.2) is 18.6 Å². The molecule has 1 aromatic heterocycles. The maximum Gasteiger partial charge on any atom is 0.331 e. The van der Waals surface area contributed by atoms with Gasteiger partial charge in [-0.2, -0.15) is 4.98 Å². The number of carboxylic acids is 1. The summed E-state index contributed by atoms with van der Waals surface area (Å²) in [5.41, 5.74) is -0.913. The van der Waals surface area contributed by atoms with Crippen molar-refractivity contribution in [1.29, 1.82) is 0 Å². The quantitative estimate of drug-likeness (QED) is 0.576. The van der Waals surface area contributed by atoms with E-state index in [9.17, 15) is 14.7 Å². The molecule has 194 valence electrons. The number of rotatable bonds is 7. The third kappa shape index (κ3) is 4.03. The Morgan fingerprint density at radius 1 is 1.22 bits per heavy atom. The average Bonchev–Trinajstić information content (AvgIpc) is 2.89. The zero-order valence-corrected chi connectivity index (χ0v) is 20.6. The number of benzene rings is 1. The van der Waals surface area contributed by atoms with Crippen LogP contribution in [0.2, 0.25) is 0 Å². The predicted octanol–water partition coefficient (Wildman–Crippen LogP) is 4.18. The second-order valence-electron chi connectivity index (χ2n) is 8.94. The number of halogens is 2. The molecule has 10 nitrogen and oxygen atoms in total. The van der Waals surface area contributed by atoms with Crippen molar-refractivity contribution in [3.63, 3.8) is 0 Å². The number of aromatic nitrogens is 2. The van der Waals surface area contributed by atoms with Crippen molar-refractivity contribution in [2.75, 3.05) is 36.4 Å². The molecule has 2 aliphatic rings. The molecule has 2 heterocycles. The van der Waals surface area contributed by atoms with E-state index in [-0.39, 0.29) is 24.0 Å². The van der Waals surface area contributed by atoms with Crippen molar-refractivity contribution in [3.8, 4) is 11.5 Å². The van der Waals surface area contributed by atoms with Gasteiger partial charge in [-0.15, -0.1) is 0 Å². The first-order chi connectivity index (χ1) is 17.2. The molecule has 1 aromatic carbocycles. The Labute approximate surface area is 207 Å². The average molecular weight is 506 g/mol. The summed E-state index contributed by atoms with van der Waals surface area (Å²) in [4.78, 5) is 36.9. The van der Waals surface area contributed by atoms with Crippen molar-refractivity contribution < 1.29 is 33.0 Å². The molecule has 1 saturated carbocycles. The number of hydrogen-bond acceptors (Lipinski definition) is 7. The molecule has 2 aromatic rings. The Kier molecular flexibility index (Phi) is 6.87. The van der Waals surface area contributed by atoms with E-state index in [1.54, 1.807) is 7.05 Å². The van der Waals surface area contributed by atoms with E-state index in [4.69, 9.17) is 9.47 Å². The highest BCUT2D eigenvalue weighted by Gasteiger charge is 2.49. The van der Waals surface area contributed by atoms with Gasteiger partial charge in [0.1, 0.15) is 11.5 Å². The number of amides is 2. The molecule has 0 radical (unpaired) electrons. The fourth-order valence-electron chi connectivity index (χ4n) is 5.12. The molecular formula is C24H29F2N5O5. The number of nitrogens with one attached hydrogen (secondary N) is 1. The SMILES string of the molecule is CCC1(N2C(=O)N(c3c(F)c(OC)cc(OC)c3F)Cc3cnc(NC)nc32)CCC(C(=O)O)CC1. The fraction of sp³-hybridized carbons (Fsp3) is 0.500. The monoisotopic (exact) mass is 505 g/mol. The number of urea groups is 1. The van der Waals surface area contributed by atoms with Gasteiger partial charge >= 0.3 is 12.0 Å². The molecule has 0 saturated heterocycles. The van der Waals surface area contributed by atoms with Gasteiger partial charge in [0.25, 0.3) is 0 Å². The van der Waals surface area contributed by atoms with E-state index in [1.165, 1.54) is 25.3 Å². The highest BCUT2D eigenvalue weighted by molar-refractivity contribution is 6.07. The number of carboxylic acid groups (broad SMARTS) is 1. The van der Waals surface area contributed by atoms with E-state index < -0.39 is 40.8 Å². The normalized spacial score (nSPS) is 21.7. The second kappa shape index (κ2) is 9.75. The van der Waals surface area contributed by atoms with E-state index in [0.29, 0.717) is 43.5 Å². The van der Waals surface area contributed by atoms with Gasteiger partial charge in [0.05, 0.1) is 32.2 Å². The van der Waals surface area contributed by atoms with Gasteiger partial charge in [-0.3, -0.25) is 14.6 Å². The molecule has 12 heteroatoms. The molecule has 2 amide bonds. The van der Waals surface area contributed by atoms with Crippen molar-refractivity contribution in [1.82, 2.24) is 9.97 Å². The summed E-state index contributed by atoms with van der Waals surface area (Å²) in [7, 11) is 4.11. The number of methoxy groups -OCH3 is 2. The fourth-order valence-corrected chi connectivity index (χ4v) is 5.12. The predicted molar refractivity (Wildman–Crippen MR) is 128 cm³/mol. The zero-order valence-electron chi connectivity index (χ0n) is 20.6.